The van der Waals surface area contributed by atoms with Gasteiger partial charge in [0.25, 0.3) is 0 Å². The molecule has 0 saturated heterocycles. The minimum Gasteiger partial charge on any atom is -0.457 e. The molecule has 160 valence electrons. The zero-order chi connectivity index (χ0) is 22.2. The van der Waals surface area contributed by atoms with E-state index < -0.39 is 24.2 Å². The highest BCUT2D eigenvalue weighted by Crippen LogP contribution is 2.62. The van der Waals surface area contributed by atoms with Crippen molar-refractivity contribution in [1.82, 2.24) is 0 Å². The van der Waals surface area contributed by atoms with E-state index in [2.05, 4.69) is 15.9 Å². The van der Waals surface area contributed by atoms with Gasteiger partial charge >= 0.3 is 6.18 Å². The number of hydrogen-bond acceptors (Lipinski definition) is 3. The number of furan rings is 1. The summed E-state index contributed by atoms with van der Waals surface area (Å²) in [4.78, 5) is 0. The summed E-state index contributed by atoms with van der Waals surface area (Å²) in [6.45, 7) is 7.48. The molecule has 0 aliphatic heterocycles. The molecule has 1 aromatic heterocycles. The van der Waals surface area contributed by atoms with E-state index >= 15 is 0 Å². The average Bonchev–Trinajstić information content (AvgIpc) is 3.06. The normalized spacial score (nSPS) is 14.3. The zero-order valence-corrected chi connectivity index (χ0v) is 19.5. The first-order chi connectivity index (χ1) is 13.9. The van der Waals surface area contributed by atoms with Crippen LogP contribution < -0.4 is 10.0 Å². The number of nitrogens with zero attached hydrogens (tertiary/aromatic N) is 1. The topological polar surface area (TPSA) is 34.7 Å². The van der Waals surface area contributed by atoms with Gasteiger partial charge in [-0.2, -0.15) is 13.2 Å². The Kier molecular flexibility index (Phi) is 6.26. The molecule has 1 atom stereocenters. The lowest BCUT2D eigenvalue weighted by Gasteiger charge is -2.35. The molecule has 0 aliphatic rings. The number of alkyl halides is 3. The Balaban J connectivity index is 2.36. The minimum absolute atomic E-state index is 0.169. The lowest BCUT2D eigenvalue weighted by Crippen LogP contribution is -2.26. The summed E-state index contributed by atoms with van der Waals surface area (Å²) in [6.07, 6.45) is -4.54. The summed E-state index contributed by atoms with van der Waals surface area (Å²) in [5.74, 6) is 1.13. The number of rotatable bonds is 4. The Morgan fingerprint density at radius 3 is 2.23 bits per heavy atom. The molecule has 3 nitrogen and oxygen atoms in total. The molecule has 0 saturated carbocycles. The van der Waals surface area contributed by atoms with E-state index in [0.717, 1.165) is 10.5 Å². The summed E-state index contributed by atoms with van der Waals surface area (Å²) in [6, 6.07) is 16.0. The summed E-state index contributed by atoms with van der Waals surface area (Å²) in [7, 11) is -3.13. The second kappa shape index (κ2) is 8.27. The van der Waals surface area contributed by atoms with Crippen molar-refractivity contribution in [2.75, 3.05) is 0 Å². The minimum atomic E-state index is -4.54. The number of hydrogen-bond donors (Lipinski definition) is 0. The van der Waals surface area contributed by atoms with Crippen LogP contribution in [0.1, 0.15) is 32.1 Å². The Morgan fingerprint density at radius 1 is 0.967 bits per heavy atom. The third-order valence-electron chi connectivity index (χ3n) is 4.43. The monoisotopic (exact) mass is 499 g/mol. The van der Waals surface area contributed by atoms with E-state index in [0.29, 0.717) is 17.0 Å². The molecule has 0 fully saturated rings. The quantitative estimate of drug-likeness (QED) is 0.338. The second-order valence-electron chi connectivity index (χ2n) is 7.79. The molecule has 8 heteroatoms. The van der Waals surface area contributed by atoms with E-state index in [-0.39, 0.29) is 5.69 Å². The number of halogens is 4. The first kappa shape index (κ1) is 22.7. The van der Waals surface area contributed by atoms with Crippen LogP contribution in [0.25, 0.3) is 0 Å². The van der Waals surface area contributed by atoms with Crippen molar-refractivity contribution in [2.24, 2.45) is 4.74 Å². The van der Waals surface area contributed by atoms with Crippen LogP contribution in [0.2, 0.25) is 0 Å². The van der Waals surface area contributed by atoms with Gasteiger partial charge in [-0.1, -0.05) is 54.9 Å². The fourth-order valence-corrected chi connectivity index (χ4v) is 6.23. The van der Waals surface area contributed by atoms with Crippen molar-refractivity contribution < 1.29 is 22.1 Å². The molecule has 0 unspecified atom stereocenters. The maximum absolute atomic E-state index is 13.7. The SMILES string of the molecule is Cc1ccc([P@](=Nc2ccccc2C(F)(F)F)(Oc2cccc(Br)c2)C(C)(C)C)o1. The first-order valence-electron chi connectivity index (χ1n) is 9.23. The third kappa shape index (κ3) is 4.68. The second-order valence-corrected chi connectivity index (χ2v) is 12.0. The molecule has 0 aliphatic carbocycles. The number of benzene rings is 2. The van der Waals surface area contributed by atoms with Crippen LogP contribution in [0.4, 0.5) is 18.9 Å². The Morgan fingerprint density at radius 2 is 1.67 bits per heavy atom. The van der Waals surface area contributed by atoms with Crippen LogP contribution in [0.5, 0.6) is 5.75 Å². The lowest BCUT2D eigenvalue weighted by atomic mass is 10.2. The number of aryl methyl sites for hydroxylation is 1. The molecule has 0 radical (unpaired) electrons. The van der Waals surface area contributed by atoms with Gasteiger partial charge in [0.05, 0.1) is 11.3 Å². The van der Waals surface area contributed by atoms with Crippen molar-refractivity contribution in [3.63, 3.8) is 0 Å². The van der Waals surface area contributed by atoms with Gasteiger partial charge in [0.2, 0.25) is 7.28 Å². The van der Waals surface area contributed by atoms with Gasteiger partial charge in [0, 0.05) is 9.63 Å². The zero-order valence-electron chi connectivity index (χ0n) is 17.0. The third-order valence-corrected chi connectivity index (χ3v) is 8.55. The van der Waals surface area contributed by atoms with Gasteiger partial charge in [-0.25, -0.2) is 4.74 Å². The molecule has 0 N–H and O–H groups in total. The highest BCUT2D eigenvalue weighted by molar-refractivity contribution is 9.10. The molecule has 2 aromatic carbocycles. The van der Waals surface area contributed by atoms with Gasteiger partial charge < -0.3 is 8.94 Å². The highest BCUT2D eigenvalue weighted by atomic mass is 79.9. The van der Waals surface area contributed by atoms with Crippen LogP contribution in [-0.2, 0) is 6.18 Å². The van der Waals surface area contributed by atoms with Gasteiger partial charge in [-0.15, -0.1) is 0 Å². The van der Waals surface area contributed by atoms with E-state index in [1.807, 2.05) is 26.8 Å². The van der Waals surface area contributed by atoms with E-state index in [4.69, 9.17) is 13.7 Å². The maximum atomic E-state index is 13.7. The molecule has 3 rings (SSSR count). The molecule has 3 aromatic rings. The Bertz CT molecular complexity index is 1100. The van der Waals surface area contributed by atoms with Crippen LogP contribution in [0.3, 0.4) is 0 Å². The molecule has 30 heavy (non-hydrogen) atoms. The van der Waals surface area contributed by atoms with E-state index in [1.165, 1.54) is 18.2 Å². The lowest BCUT2D eigenvalue weighted by molar-refractivity contribution is -0.137. The van der Waals surface area contributed by atoms with Crippen LogP contribution in [0.15, 0.2) is 74.3 Å². The summed E-state index contributed by atoms with van der Waals surface area (Å²) in [5.41, 5.74) is -0.540. The van der Waals surface area contributed by atoms with Gasteiger partial charge in [0.15, 0.2) is 5.50 Å². The van der Waals surface area contributed by atoms with Gasteiger partial charge in [0.1, 0.15) is 11.5 Å². The van der Waals surface area contributed by atoms with Crippen molar-refractivity contribution >= 4 is 34.4 Å². The first-order valence-corrected chi connectivity index (χ1v) is 11.7. The largest absolute Gasteiger partial charge is 0.457 e. The van der Waals surface area contributed by atoms with E-state index in [9.17, 15) is 13.2 Å². The van der Waals surface area contributed by atoms with Crippen molar-refractivity contribution in [1.29, 1.82) is 0 Å². The molecule has 0 spiro atoms. The fraction of sp³-hybridized carbons (Fsp3) is 0.273. The van der Waals surface area contributed by atoms with Crippen molar-refractivity contribution in [3.8, 4) is 5.75 Å². The predicted molar refractivity (Wildman–Crippen MR) is 118 cm³/mol. The van der Waals surface area contributed by atoms with Gasteiger partial charge in [-0.05, 0) is 49.4 Å². The maximum Gasteiger partial charge on any atom is 0.418 e. The van der Waals surface area contributed by atoms with Gasteiger partial charge in [-0.3, -0.25) is 0 Å². The average molecular weight is 500 g/mol. The molecule has 1 heterocycles. The Labute approximate surface area is 182 Å². The van der Waals surface area contributed by atoms with E-state index in [1.54, 1.807) is 37.3 Å². The van der Waals surface area contributed by atoms with Crippen LogP contribution in [-0.4, -0.2) is 5.16 Å². The van der Waals surface area contributed by atoms with Crippen LogP contribution in [0, 0.1) is 6.92 Å². The molecule has 0 bridgehead atoms. The Hall–Kier alpha value is -1.98. The van der Waals surface area contributed by atoms with Crippen LogP contribution >= 0.6 is 23.2 Å². The summed E-state index contributed by atoms with van der Waals surface area (Å²) >= 11 is 3.41. The molecule has 0 amide bonds. The van der Waals surface area contributed by atoms with Crippen molar-refractivity contribution in [3.05, 3.63) is 76.5 Å². The molecular weight excluding hydrogens is 478 g/mol. The summed E-state index contributed by atoms with van der Waals surface area (Å²) < 4.78 is 58.9. The molecular formula is C22H22BrF3NO2P. The fourth-order valence-electron chi connectivity index (χ4n) is 2.95. The van der Waals surface area contributed by atoms with Crippen molar-refractivity contribution in [2.45, 2.75) is 39.0 Å². The smallest absolute Gasteiger partial charge is 0.418 e. The summed E-state index contributed by atoms with van der Waals surface area (Å²) in [5, 5.41) is -0.654. The standard InChI is InChI=1S/C22H22BrF3NO2P/c1-15-12-13-20(28-15)30(21(2,3)4,29-17-9-7-8-16(23)14-17)27-19-11-6-5-10-18(19)22(24,25)26/h5-14H,1-4H3/t30-/m0/s1. The predicted octanol–water partition coefficient (Wildman–Crippen LogP) is 8.32. The highest BCUT2D eigenvalue weighted by Gasteiger charge is 2.43.